The van der Waals surface area contributed by atoms with Crippen molar-refractivity contribution < 1.29 is 9.53 Å². The van der Waals surface area contributed by atoms with Crippen molar-refractivity contribution in [3.63, 3.8) is 0 Å². The zero-order valence-electron chi connectivity index (χ0n) is 13.1. The summed E-state index contributed by atoms with van der Waals surface area (Å²) in [5.41, 5.74) is 0.0646. The van der Waals surface area contributed by atoms with Crippen LogP contribution in [-0.4, -0.2) is 49.2 Å². The highest BCUT2D eigenvalue weighted by atomic mass is 35.5. The van der Waals surface area contributed by atoms with Crippen LogP contribution in [0.2, 0.25) is 0 Å². The lowest BCUT2D eigenvalue weighted by Gasteiger charge is -2.55. The molecule has 20 heavy (non-hydrogen) atoms. The molecule has 2 rings (SSSR count). The first-order chi connectivity index (χ1) is 8.98. The Morgan fingerprint density at radius 1 is 1.40 bits per heavy atom. The van der Waals surface area contributed by atoms with Gasteiger partial charge < -0.3 is 15.0 Å². The van der Waals surface area contributed by atoms with E-state index in [2.05, 4.69) is 19.2 Å². The average Bonchev–Trinajstić information content (AvgIpc) is 2.42. The number of rotatable bonds is 4. The highest BCUT2D eigenvalue weighted by Gasteiger charge is 2.52. The summed E-state index contributed by atoms with van der Waals surface area (Å²) < 4.78 is 5.75. The fraction of sp³-hybridized carbons (Fsp3) is 0.933. The quantitative estimate of drug-likeness (QED) is 0.866. The zero-order valence-corrected chi connectivity index (χ0v) is 14.0. The first-order valence-electron chi connectivity index (χ1n) is 7.60. The Bertz CT molecular complexity index is 330. The molecular weight excluding hydrogens is 276 g/mol. The Hall–Kier alpha value is -0.320. The Kier molecular flexibility index (Phi) is 6.29. The van der Waals surface area contributed by atoms with Crippen molar-refractivity contribution in [2.24, 2.45) is 5.41 Å². The van der Waals surface area contributed by atoms with Crippen LogP contribution in [0.5, 0.6) is 0 Å². The minimum absolute atomic E-state index is 0. The molecule has 4 nitrogen and oxygen atoms in total. The van der Waals surface area contributed by atoms with Crippen LogP contribution in [0.25, 0.3) is 0 Å². The molecule has 3 unspecified atom stereocenters. The number of halogens is 1. The summed E-state index contributed by atoms with van der Waals surface area (Å²) in [6.45, 7) is 8.17. The Balaban J connectivity index is 0.00000200. The van der Waals surface area contributed by atoms with Gasteiger partial charge in [0, 0.05) is 25.1 Å². The number of likely N-dealkylation sites (N-methyl/N-ethyl adjacent to an activating group) is 1. The average molecular weight is 305 g/mol. The van der Waals surface area contributed by atoms with Gasteiger partial charge in [-0.3, -0.25) is 4.79 Å². The predicted molar refractivity (Wildman–Crippen MR) is 83.3 cm³/mol. The third-order valence-corrected chi connectivity index (χ3v) is 4.92. The van der Waals surface area contributed by atoms with E-state index in [1.54, 1.807) is 0 Å². The molecule has 0 aromatic rings. The number of piperidine rings is 1. The van der Waals surface area contributed by atoms with E-state index in [0.29, 0.717) is 6.04 Å². The summed E-state index contributed by atoms with van der Waals surface area (Å²) in [6, 6.07) is 0.334. The second-order valence-corrected chi connectivity index (χ2v) is 6.47. The van der Waals surface area contributed by atoms with Crippen LogP contribution in [0, 0.1) is 5.41 Å². The van der Waals surface area contributed by atoms with Crippen LogP contribution >= 0.6 is 12.4 Å². The van der Waals surface area contributed by atoms with E-state index in [0.717, 1.165) is 32.4 Å². The smallest absolute Gasteiger partial charge is 0.239 e. The molecule has 1 aliphatic heterocycles. The van der Waals surface area contributed by atoms with Gasteiger partial charge in [-0.05, 0) is 32.7 Å². The lowest BCUT2D eigenvalue weighted by molar-refractivity contribution is -0.165. The number of carbonyl (C=O) groups excluding carboxylic acids is 1. The molecule has 1 saturated carbocycles. The zero-order chi connectivity index (χ0) is 14.0. The van der Waals surface area contributed by atoms with Crippen LogP contribution in [0.1, 0.15) is 46.5 Å². The molecule has 0 aromatic carbocycles. The molecule has 2 aliphatic rings. The van der Waals surface area contributed by atoms with Crippen LogP contribution in [-0.2, 0) is 9.53 Å². The Morgan fingerprint density at radius 2 is 2.10 bits per heavy atom. The number of ether oxygens (including phenoxy) is 1. The van der Waals surface area contributed by atoms with Crippen LogP contribution in [0.4, 0.5) is 0 Å². The van der Waals surface area contributed by atoms with E-state index >= 15 is 0 Å². The van der Waals surface area contributed by atoms with Crippen molar-refractivity contribution in [1.82, 2.24) is 10.2 Å². The second kappa shape index (κ2) is 7.10. The molecule has 1 saturated heterocycles. The van der Waals surface area contributed by atoms with E-state index in [-0.39, 0.29) is 35.9 Å². The molecule has 2 fully saturated rings. The summed E-state index contributed by atoms with van der Waals surface area (Å²) in [5, 5.41) is 3.34. The predicted octanol–water partition coefficient (Wildman–Crippen LogP) is 2.21. The van der Waals surface area contributed by atoms with Crippen molar-refractivity contribution in [1.29, 1.82) is 0 Å². The number of amides is 1. The molecule has 1 N–H and O–H groups in total. The highest BCUT2D eigenvalue weighted by Crippen LogP contribution is 2.45. The first-order valence-corrected chi connectivity index (χ1v) is 7.60. The van der Waals surface area contributed by atoms with Gasteiger partial charge >= 0.3 is 0 Å². The summed E-state index contributed by atoms with van der Waals surface area (Å²) in [6.07, 6.45) is 4.58. The van der Waals surface area contributed by atoms with Crippen molar-refractivity contribution >= 4 is 18.3 Å². The van der Waals surface area contributed by atoms with Crippen molar-refractivity contribution in [3.8, 4) is 0 Å². The second-order valence-electron chi connectivity index (χ2n) is 6.47. The number of carbonyl (C=O) groups is 1. The van der Waals surface area contributed by atoms with Gasteiger partial charge in [-0.2, -0.15) is 0 Å². The molecule has 118 valence electrons. The van der Waals surface area contributed by atoms with Gasteiger partial charge in [0.15, 0.2) is 0 Å². The monoisotopic (exact) mass is 304 g/mol. The molecule has 0 aromatic heterocycles. The fourth-order valence-electron chi connectivity index (χ4n) is 3.47. The van der Waals surface area contributed by atoms with Gasteiger partial charge in [-0.25, -0.2) is 0 Å². The van der Waals surface area contributed by atoms with E-state index in [1.807, 2.05) is 18.9 Å². The van der Waals surface area contributed by atoms with E-state index in [1.165, 1.54) is 6.42 Å². The number of hydrogen-bond donors (Lipinski definition) is 1. The van der Waals surface area contributed by atoms with Crippen LogP contribution < -0.4 is 5.32 Å². The highest BCUT2D eigenvalue weighted by molar-refractivity contribution is 5.85. The first kappa shape index (κ1) is 17.7. The molecule has 1 aliphatic carbocycles. The van der Waals surface area contributed by atoms with Crippen LogP contribution in [0.15, 0.2) is 0 Å². The minimum atomic E-state index is 0. The lowest BCUT2D eigenvalue weighted by Crippen LogP contribution is -2.64. The van der Waals surface area contributed by atoms with Crippen LogP contribution in [0.3, 0.4) is 0 Å². The molecule has 0 bridgehead atoms. The summed E-state index contributed by atoms with van der Waals surface area (Å²) >= 11 is 0. The molecule has 1 amide bonds. The van der Waals surface area contributed by atoms with Gasteiger partial charge in [0.2, 0.25) is 5.91 Å². The normalized spacial score (nSPS) is 31.9. The van der Waals surface area contributed by atoms with Crippen molar-refractivity contribution in [2.75, 3.05) is 20.2 Å². The molecule has 0 spiro atoms. The topological polar surface area (TPSA) is 41.6 Å². The maximum absolute atomic E-state index is 12.5. The van der Waals surface area contributed by atoms with Gasteiger partial charge in [-0.15, -0.1) is 12.4 Å². The molecule has 5 heteroatoms. The Labute approximate surface area is 129 Å². The maximum Gasteiger partial charge on any atom is 0.239 e. The molecular formula is C15H29ClN2O2. The molecule has 0 radical (unpaired) electrons. The summed E-state index contributed by atoms with van der Waals surface area (Å²) in [7, 11) is 1.95. The summed E-state index contributed by atoms with van der Waals surface area (Å²) in [4.78, 5) is 14.5. The van der Waals surface area contributed by atoms with Gasteiger partial charge in [-0.1, -0.05) is 20.3 Å². The molecule has 3 atom stereocenters. The largest absolute Gasteiger partial charge is 0.378 e. The number of nitrogens with one attached hydrogen (secondary N) is 1. The SMILES string of the molecule is CCOC1CC(N(C)C(=O)C2CCCCN2)C1(C)C.Cl. The third-order valence-electron chi connectivity index (χ3n) is 4.92. The van der Waals surface area contributed by atoms with E-state index in [4.69, 9.17) is 4.74 Å². The summed E-state index contributed by atoms with van der Waals surface area (Å²) in [5.74, 6) is 0.257. The van der Waals surface area contributed by atoms with E-state index < -0.39 is 0 Å². The maximum atomic E-state index is 12.5. The van der Waals surface area contributed by atoms with Gasteiger partial charge in [0.25, 0.3) is 0 Å². The van der Waals surface area contributed by atoms with Crippen molar-refractivity contribution in [3.05, 3.63) is 0 Å². The number of hydrogen-bond acceptors (Lipinski definition) is 3. The van der Waals surface area contributed by atoms with E-state index in [9.17, 15) is 4.79 Å². The van der Waals surface area contributed by atoms with Gasteiger partial charge in [0.1, 0.15) is 0 Å². The number of nitrogens with zero attached hydrogens (tertiary/aromatic N) is 1. The fourth-order valence-corrected chi connectivity index (χ4v) is 3.47. The van der Waals surface area contributed by atoms with Crippen molar-refractivity contribution in [2.45, 2.75) is 64.6 Å². The minimum Gasteiger partial charge on any atom is -0.378 e. The third kappa shape index (κ3) is 3.29. The Morgan fingerprint density at radius 3 is 2.60 bits per heavy atom. The standard InChI is InChI=1S/C15H28N2O2.ClH/c1-5-19-13-10-12(15(13,2)3)17(4)14(18)11-8-6-7-9-16-11;/h11-13,16H,5-10H2,1-4H3;1H. The molecule has 1 heterocycles. The lowest BCUT2D eigenvalue weighted by atomic mass is 9.63. The van der Waals surface area contributed by atoms with Gasteiger partial charge in [0.05, 0.1) is 12.1 Å².